The van der Waals surface area contributed by atoms with E-state index in [4.69, 9.17) is 4.74 Å². The molecule has 0 unspecified atom stereocenters. The van der Waals surface area contributed by atoms with Crippen molar-refractivity contribution in [1.29, 1.82) is 0 Å². The van der Waals surface area contributed by atoms with Crippen LogP contribution in [-0.4, -0.2) is 41.3 Å². The molecule has 1 saturated carbocycles. The van der Waals surface area contributed by atoms with Gasteiger partial charge in [-0.2, -0.15) is 5.10 Å². The van der Waals surface area contributed by atoms with E-state index in [0.717, 1.165) is 24.9 Å². The Hall–Kier alpha value is -3.81. The number of carbonyl (C=O) groups excluding carboxylic acids is 1. The van der Waals surface area contributed by atoms with E-state index >= 15 is 0 Å². The molecule has 8 nitrogen and oxygen atoms in total. The number of aliphatic imine (C=N–C) groups is 1. The third kappa shape index (κ3) is 7.10. The highest BCUT2D eigenvalue weighted by molar-refractivity contribution is 5.79. The first-order chi connectivity index (χ1) is 16.2. The molecule has 4 rings (SSSR count). The molecule has 1 aliphatic rings. The molecule has 0 atom stereocenters. The van der Waals surface area contributed by atoms with Gasteiger partial charge in [-0.15, -0.1) is 0 Å². The van der Waals surface area contributed by atoms with Crippen molar-refractivity contribution in [3.8, 4) is 5.75 Å². The zero-order valence-electron chi connectivity index (χ0n) is 18.8. The van der Waals surface area contributed by atoms with Gasteiger partial charge in [0.15, 0.2) is 12.6 Å². The fourth-order valence-corrected chi connectivity index (χ4v) is 3.43. The van der Waals surface area contributed by atoms with Crippen LogP contribution in [0.15, 0.2) is 72.0 Å². The zero-order chi connectivity index (χ0) is 22.9. The van der Waals surface area contributed by atoms with E-state index in [1.807, 2.05) is 53.3 Å². The molecular weight excluding hydrogens is 416 g/mol. The van der Waals surface area contributed by atoms with Gasteiger partial charge in [-0.05, 0) is 47.7 Å². The van der Waals surface area contributed by atoms with E-state index in [0.29, 0.717) is 30.8 Å². The van der Waals surface area contributed by atoms with Crippen molar-refractivity contribution < 1.29 is 9.53 Å². The van der Waals surface area contributed by atoms with E-state index in [1.165, 1.54) is 11.1 Å². The molecule has 0 spiro atoms. The molecule has 33 heavy (non-hydrogen) atoms. The minimum Gasteiger partial charge on any atom is -0.484 e. The molecule has 1 amide bonds. The molecule has 2 aromatic carbocycles. The Labute approximate surface area is 194 Å². The maximum atomic E-state index is 11.8. The summed E-state index contributed by atoms with van der Waals surface area (Å²) < 4.78 is 7.55. The summed E-state index contributed by atoms with van der Waals surface area (Å²) in [6.45, 7) is 1.99. The number of ether oxygens (including phenoxy) is 1. The summed E-state index contributed by atoms with van der Waals surface area (Å²) in [5, 5.41) is 13.9. The number of amides is 1. The average molecular weight is 447 g/mol. The lowest BCUT2D eigenvalue weighted by atomic mass is 10.1. The Morgan fingerprint density at radius 3 is 2.67 bits per heavy atom. The highest BCUT2D eigenvalue weighted by Crippen LogP contribution is 2.18. The van der Waals surface area contributed by atoms with Crippen molar-refractivity contribution in [2.24, 2.45) is 4.99 Å². The molecule has 0 bridgehead atoms. The second-order valence-electron chi connectivity index (χ2n) is 8.03. The lowest BCUT2D eigenvalue weighted by Crippen LogP contribution is -2.36. The Balaban J connectivity index is 1.26. The van der Waals surface area contributed by atoms with Gasteiger partial charge in [-0.1, -0.05) is 36.4 Å². The maximum Gasteiger partial charge on any atom is 0.258 e. The maximum absolute atomic E-state index is 11.8. The Morgan fingerprint density at radius 1 is 1.09 bits per heavy atom. The highest BCUT2D eigenvalue weighted by atomic mass is 16.5. The van der Waals surface area contributed by atoms with Crippen LogP contribution in [0.2, 0.25) is 0 Å². The molecule has 3 aromatic rings. The fourth-order valence-electron chi connectivity index (χ4n) is 3.43. The Kier molecular flexibility index (Phi) is 7.58. The van der Waals surface area contributed by atoms with Crippen LogP contribution in [0.1, 0.15) is 29.5 Å². The second-order valence-corrected chi connectivity index (χ2v) is 8.03. The molecule has 3 N–H and O–H groups in total. The number of aromatic nitrogens is 2. The van der Waals surface area contributed by atoms with E-state index in [1.54, 1.807) is 13.2 Å². The van der Waals surface area contributed by atoms with E-state index < -0.39 is 0 Å². The number of benzene rings is 2. The minimum absolute atomic E-state index is 0.0363. The molecule has 172 valence electrons. The summed E-state index contributed by atoms with van der Waals surface area (Å²) in [5.41, 5.74) is 3.44. The number of rotatable bonds is 10. The topological polar surface area (TPSA) is 92.6 Å². The minimum atomic E-state index is -0.0709. The van der Waals surface area contributed by atoms with Crippen LogP contribution in [0.5, 0.6) is 5.75 Å². The summed E-state index contributed by atoms with van der Waals surface area (Å²) in [4.78, 5) is 16.2. The summed E-state index contributed by atoms with van der Waals surface area (Å²) in [6.07, 6.45) is 5.88. The predicted molar refractivity (Wildman–Crippen MR) is 128 cm³/mol. The second kappa shape index (κ2) is 11.2. The van der Waals surface area contributed by atoms with Crippen molar-refractivity contribution in [1.82, 2.24) is 25.7 Å². The van der Waals surface area contributed by atoms with Crippen LogP contribution >= 0.6 is 0 Å². The zero-order valence-corrected chi connectivity index (χ0v) is 18.8. The van der Waals surface area contributed by atoms with Gasteiger partial charge in [0.05, 0.1) is 6.54 Å². The summed E-state index contributed by atoms with van der Waals surface area (Å²) in [7, 11) is 1.75. The Morgan fingerprint density at radius 2 is 1.91 bits per heavy atom. The summed E-state index contributed by atoms with van der Waals surface area (Å²) in [6, 6.07) is 18.3. The summed E-state index contributed by atoms with van der Waals surface area (Å²) in [5.74, 6) is 1.31. The largest absolute Gasteiger partial charge is 0.484 e. The van der Waals surface area contributed by atoms with Crippen LogP contribution < -0.4 is 20.7 Å². The monoisotopic (exact) mass is 446 g/mol. The molecule has 0 radical (unpaired) electrons. The fraction of sp³-hybridized carbons (Fsp3) is 0.320. The molecule has 1 aliphatic carbocycles. The molecule has 8 heteroatoms. The first-order valence-electron chi connectivity index (χ1n) is 11.2. The first kappa shape index (κ1) is 22.4. The van der Waals surface area contributed by atoms with Crippen LogP contribution in [0.3, 0.4) is 0 Å². The number of nitrogens with zero attached hydrogens (tertiary/aromatic N) is 3. The van der Waals surface area contributed by atoms with Crippen molar-refractivity contribution in [3.05, 3.63) is 83.7 Å². The van der Waals surface area contributed by atoms with Gasteiger partial charge in [0.25, 0.3) is 5.91 Å². The number of carbonyl (C=O) groups is 1. The molecular formula is C25H30N6O2. The van der Waals surface area contributed by atoms with Crippen LogP contribution in [-0.2, 0) is 24.4 Å². The summed E-state index contributed by atoms with van der Waals surface area (Å²) >= 11 is 0. The lowest BCUT2D eigenvalue weighted by molar-refractivity contribution is -0.123. The molecule has 0 aliphatic heterocycles. The number of guanidine groups is 1. The highest BCUT2D eigenvalue weighted by Gasteiger charge is 2.23. The number of hydrogen-bond acceptors (Lipinski definition) is 4. The normalized spacial score (nSPS) is 13.4. The van der Waals surface area contributed by atoms with Crippen molar-refractivity contribution in [2.45, 2.75) is 38.5 Å². The average Bonchev–Trinajstić information content (AvgIpc) is 3.50. The smallest absolute Gasteiger partial charge is 0.258 e. The molecule has 0 saturated heterocycles. The third-order valence-corrected chi connectivity index (χ3v) is 5.35. The quantitative estimate of drug-likeness (QED) is 0.329. The van der Waals surface area contributed by atoms with Crippen LogP contribution in [0, 0.1) is 0 Å². The molecule has 1 aromatic heterocycles. The van der Waals surface area contributed by atoms with Gasteiger partial charge in [-0.25, -0.2) is 0 Å². The molecule has 1 heterocycles. The van der Waals surface area contributed by atoms with E-state index in [-0.39, 0.29) is 12.5 Å². The van der Waals surface area contributed by atoms with Crippen molar-refractivity contribution >= 4 is 11.9 Å². The van der Waals surface area contributed by atoms with Crippen molar-refractivity contribution in [3.63, 3.8) is 0 Å². The van der Waals surface area contributed by atoms with Gasteiger partial charge in [0.2, 0.25) is 0 Å². The van der Waals surface area contributed by atoms with Crippen LogP contribution in [0.25, 0.3) is 0 Å². The van der Waals surface area contributed by atoms with Gasteiger partial charge >= 0.3 is 0 Å². The molecule has 1 fully saturated rings. The number of hydrogen-bond donors (Lipinski definition) is 3. The van der Waals surface area contributed by atoms with Gasteiger partial charge in [0, 0.05) is 38.6 Å². The van der Waals surface area contributed by atoms with Crippen LogP contribution in [0.4, 0.5) is 0 Å². The predicted octanol–water partition coefficient (Wildman–Crippen LogP) is 2.45. The third-order valence-electron chi connectivity index (χ3n) is 5.35. The lowest BCUT2D eigenvalue weighted by Gasteiger charge is -2.15. The van der Waals surface area contributed by atoms with Gasteiger partial charge in [0.1, 0.15) is 5.75 Å². The van der Waals surface area contributed by atoms with E-state index in [2.05, 4.69) is 38.2 Å². The van der Waals surface area contributed by atoms with E-state index in [9.17, 15) is 4.79 Å². The van der Waals surface area contributed by atoms with Gasteiger partial charge in [-0.3, -0.25) is 14.5 Å². The SMILES string of the molecule is CN=C(NCc1cccc(OCC(=O)NC2CC2)c1)NCc1ccccc1Cn1cccn1. The standard InChI is InChI=1S/C25H30N6O2/c1-26-25(28-16-20-7-2-3-8-21(20)17-31-13-5-12-29-31)27-15-19-6-4-9-23(14-19)33-18-24(32)30-22-10-11-22/h2-9,12-14,22H,10-11,15-18H2,1H3,(H,30,32)(H2,26,27,28). The number of nitrogens with one attached hydrogen (secondary N) is 3. The Bertz CT molecular complexity index is 1080. The van der Waals surface area contributed by atoms with Gasteiger partial charge < -0.3 is 20.7 Å². The van der Waals surface area contributed by atoms with Crippen molar-refractivity contribution in [2.75, 3.05) is 13.7 Å². The first-order valence-corrected chi connectivity index (χ1v) is 11.2.